The van der Waals surface area contributed by atoms with E-state index in [4.69, 9.17) is 14.7 Å². The number of carbonyl (C=O) groups is 1. The molecule has 0 amide bonds. The molecule has 0 bridgehead atoms. The zero-order valence-electron chi connectivity index (χ0n) is 17.5. The predicted octanol–water partition coefficient (Wildman–Crippen LogP) is 4.06. The van der Waals surface area contributed by atoms with Crippen molar-refractivity contribution in [3.8, 4) is 5.75 Å². The first-order valence-electron chi connectivity index (χ1n) is 10.0. The van der Waals surface area contributed by atoms with Crippen LogP contribution < -0.4 is 4.74 Å². The number of carboxylic acids is 1. The highest BCUT2D eigenvalue weighted by Gasteiger charge is 2.16. The average Bonchev–Trinajstić information content (AvgIpc) is 3.40. The minimum atomic E-state index is -1.14. The van der Waals surface area contributed by atoms with Crippen LogP contribution in [-0.2, 0) is 29.2 Å². The van der Waals surface area contributed by atoms with E-state index in [0.717, 1.165) is 44.7 Å². The molecule has 0 atom stereocenters. The van der Waals surface area contributed by atoms with Crippen molar-refractivity contribution in [3.63, 3.8) is 0 Å². The summed E-state index contributed by atoms with van der Waals surface area (Å²) < 4.78 is 8.20. The third-order valence-electron chi connectivity index (χ3n) is 5.02. The fourth-order valence-electron chi connectivity index (χ4n) is 3.57. The van der Waals surface area contributed by atoms with E-state index in [1.807, 2.05) is 35.8 Å². The Morgan fingerprint density at radius 2 is 2.22 bits per heavy atom. The molecule has 1 N–H and O–H groups in total. The summed E-state index contributed by atoms with van der Waals surface area (Å²) >= 11 is 1.56. The number of fused-ring (bicyclic) bond motifs is 1. The van der Waals surface area contributed by atoms with Gasteiger partial charge in [0.1, 0.15) is 24.0 Å². The van der Waals surface area contributed by atoms with Crippen LogP contribution in [0, 0.1) is 6.92 Å². The number of nitrogens with zero attached hydrogens (tertiary/aromatic N) is 4. The Morgan fingerprint density at radius 1 is 1.31 bits per heavy atom. The number of thiazole rings is 1. The minimum absolute atomic E-state index is 0.265. The van der Waals surface area contributed by atoms with E-state index in [0.29, 0.717) is 19.6 Å². The van der Waals surface area contributed by atoms with Crippen LogP contribution >= 0.6 is 11.3 Å². The maximum Gasteiger partial charge on any atom is 0.350 e. The fraction of sp³-hybridized carbons (Fsp3) is 0.217. The zero-order chi connectivity index (χ0) is 22.3. The Labute approximate surface area is 188 Å². The standard InChI is InChI=1S/C23H22N4O4S/c1-16-19(6-9-31-26-13-23(28)29)20-11-18(30-15-22-25-8-10-32-22)4-5-21(20)27(16)14-17-3-2-7-24-12-17/h2-5,7-8,10-13H,6,9,14-15H2,1H3,(H,28,29). The molecule has 8 nitrogen and oxygen atoms in total. The average molecular weight is 451 g/mol. The summed E-state index contributed by atoms with van der Waals surface area (Å²) in [6, 6.07) is 10.0. The van der Waals surface area contributed by atoms with Crippen molar-refractivity contribution in [2.24, 2.45) is 5.16 Å². The summed E-state index contributed by atoms with van der Waals surface area (Å²) in [5.74, 6) is -0.381. The van der Waals surface area contributed by atoms with Crippen LogP contribution in [0.3, 0.4) is 0 Å². The summed E-state index contributed by atoms with van der Waals surface area (Å²) in [6.45, 7) is 3.44. The van der Waals surface area contributed by atoms with Gasteiger partial charge in [-0.05, 0) is 42.3 Å². The molecule has 3 aromatic heterocycles. The van der Waals surface area contributed by atoms with Crippen LogP contribution in [0.2, 0.25) is 0 Å². The van der Waals surface area contributed by atoms with E-state index in [2.05, 4.69) is 32.7 Å². The predicted molar refractivity (Wildman–Crippen MR) is 122 cm³/mol. The molecule has 164 valence electrons. The third kappa shape index (κ3) is 5.12. The van der Waals surface area contributed by atoms with E-state index >= 15 is 0 Å². The van der Waals surface area contributed by atoms with Crippen molar-refractivity contribution in [1.29, 1.82) is 0 Å². The summed E-state index contributed by atoms with van der Waals surface area (Å²) in [4.78, 5) is 24.2. The van der Waals surface area contributed by atoms with Crippen molar-refractivity contribution < 1.29 is 19.5 Å². The molecule has 0 fully saturated rings. The van der Waals surface area contributed by atoms with Crippen LogP contribution in [0.25, 0.3) is 10.9 Å². The molecule has 0 radical (unpaired) electrons. The van der Waals surface area contributed by atoms with Crippen molar-refractivity contribution in [3.05, 3.63) is 76.1 Å². The van der Waals surface area contributed by atoms with E-state index in [9.17, 15) is 4.79 Å². The van der Waals surface area contributed by atoms with Gasteiger partial charge in [0.25, 0.3) is 0 Å². The van der Waals surface area contributed by atoms with Gasteiger partial charge < -0.3 is 19.2 Å². The molecule has 1 aromatic carbocycles. The maximum atomic E-state index is 10.6. The molecule has 0 aliphatic heterocycles. The molecular formula is C23H22N4O4S. The lowest BCUT2D eigenvalue weighted by atomic mass is 10.1. The number of hydrogen-bond acceptors (Lipinski definition) is 7. The number of benzene rings is 1. The number of aromatic nitrogens is 3. The van der Waals surface area contributed by atoms with Crippen LogP contribution in [0.5, 0.6) is 5.75 Å². The number of pyridine rings is 1. The summed E-state index contributed by atoms with van der Waals surface area (Å²) in [5, 5.41) is 16.0. The van der Waals surface area contributed by atoms with Crippen LogP contribution in [0.1, 0.15) is 21.8 Å². The first-order valence-corrected chi connectivity index (χ1v) is 10.9. The fourth-order valence-corrected chi connectivity index (χ4v) is 4.09. The van der Waals surface area contributed by atoms with E-state index in [1.54, 1.807) is 23.7 Å². The van der Waals surface area contributed by atoms with E-state index < -0.39 is 5.97 Å². The number of carboxylic acid groups (broad SMARTS) is 1. The highest BCUT2D eigenvalue weighted by atomic mass is 32.1. The van der Waals surface area contributed by atoms with Crippen molar-refractivity contribution in [2.45, 2.75) is 26.5 Å². The quantitative estimate of drug-likeness (QED) is 0.222. The number of aliphatic carboxylic acids is 1. The molecule has 32 heavy (non-hydrogen) atoms. The number of ether oxygens (including phenoxy) is 1. The largest absolute Gasteiger partial charge is 0.486 e. The van der Waals surface area contributed by atoms with E-state index in [-0.39, 0.29) is 6.61 Å². The Balaban J connectivity index is 1.62. The highest BCUT2D eigenvalue weighted by Crippen LogP contribution is 2.31. The maximum absolute atomic E-state index is 10.6. The van der Waals surface area contributed by atoms with Gasteiger partial charge in [-0.2, -0.15) is 0 Å². The Bertz CT molecular complexity index is 1220. The molecule has 4 rings (SSSR count). The van der Waals surface area contributed by atoms with Gasteiger partial charge in [0.2, 0.25) is 0 Å². The molecule has 0 spiro atoms. The van der Waals surface area contributed by atoms with E-state index in [1.165, 1.54) is 0 Å². The second-order valence-electron chi connectivity index (χ2n) is 7.06. The topological polar surface area (TPSA) is 98.8 Å². The Morgan fingerprint density at radius 3 is 2.97 bits per heavy atom. The zero-order valence-corrected chi connectivity index (χ0v) is 18.3. The number of oxime groups is 1. The third-order valence-corrected chi connectivity index (χ3v) is 5.77. The lowest BCUT2D eigenvalue weighted by Gasteiger charge is -2.09. The molecule has 4 aromatic rings. The molecule has 0 saturated carbocycles. The summed E-state index contributed by atoms with van der Waals surface area (Å²) in [7, 11) is 0. The first kappa shape index (κ1) is 21.5. The van der Waals surface area contributed by atoms with Crippen LogP contribution in [0.4, 0.5) is 0 Å². The number of hydrogen-bond donors (Lipinski definition) is 1. The molecule has 0 aliphatic carbocycles. The van der Waals surface area contributed by atoms with Crippen molar-refractivity contribution >= 4 is 34.4 Å². The van der Waals surface area contributed by atoms with Crippen LogP contribution in [-0.4, -0.2) is 38.4 Å². The van der Waals surface area contributed by atoms with Gasteiger partial charge in [-0.1, -0.05) is 11.2 Å². The van der Waals surface area contributed by atoms with Gasteiger partial charge >= 0.3 is 5.97 Å². The molecule has 3 heterocycles. The normalized spacial score (nSPS) is 11.3. The van der Waals surface area contributed by atoms with Gasteiger partial charge in [0.05, 0.1) is 0 Å². The lowest BCUT2D eigenvalue weighted by Crippen LogP contribution is -2.04. The first-order chi connectivity index (χ1) is 15.6. The Kier molecular flexibility index (Phi) is 6.76. The molecule has 0 aliphatic rings. The molecule has 9 heteroatoms. The summed E-state index contributed by atoms with van der Waals surface area (Å²) in [5.41, 5.74) is 4.39. The van der Waals surface area contributed by atoms with Gasteiger partial charge in [-0.25, -0.2) is 9.78 Å². The lowest BCUT2D eigenvalue weighted by molar-refractivity contribution is -0.129. The summed E-state index contributed by atoms with van der Waals surface area (Å²) in [6.07, 6.45) is 6.70. The smallest absolute Gasteiger partial charge is 0.350 e. The molecule has 0 saturated heterocycles. The minimum Gasteiger partial charge on any atom is -0.486 e. The molecule has 0 unspecified atom stereocenters. The second-order valence-corrected chi connectivity index (χ2v) is 8.04. The van der Waals surface area contributed by atoms with Crippen LogP contribution in [0.15, 0.2) is 59.5 Å². The second kappa shape index (κ2) is 10.1. The van der Waals surface area contributed by atoms with Gasteiger partial charge in [-0.3, -0.25) is 4.98 Å². The van der Waals surface area contributed by atoms with Gasteiger partial charge in [-0.15, -0.1) is 11.3 Å². The monoisotopic (exact) mass is 450 g/mol. The number of rotatable bonds is 10. The molecular weight excluding hydrogens is 428 g/mol. The van der Waals surface area contributed by atoms with Gasteiger partial charge in [0.15, 0.2) is 6.21 Å². The Hall–Kier alpha value is -3.72. The highest BCUT2D eigenvalue weighted by molar-refractivity contribution is 7.09. The van der Waals surface area contributed by atoms with Gasteiger partial charge in [0, 0.05) is 53.5 Å². The van der Waals surface area contributed by atoms with Crippen molar-refractivity contribution in [2.75, 3.05) is 6.61 Å². The SMILES string of the molecule is Cc1c(CCON=CC(=O)O)c2cc(OCc3nccs3)ccc2n1Cc1cccnc1. The van der Waals surface area contributed by atoms with Crippen molar-refractivity contribution in [1.82, 2.24) is 14.5 Å².